The standard InChI is InChI=1S/C35H39N3O4S4/c1-3-5-6-7-8-18-44-24-15-13-23(14-16-24)38-27-11-9-10-25(27)26-19-22(12-17-28(26)38)20-29-32(41)37(21-30(39)40)34(45-29)31-33(42)36(4-2)35(43)46-31/h12-17,19-20,25,27H,3-11,18,21H2,1-2H3,(H,39,40). The Morgan fingerprint density at radius 1 is 1.07 bits per heavy atom. The third kappa shape index (κ3) is 6.61. The summed E-state index contributed by atoms with van der Waals surface area (Å²) in [6.45, 7) is 3.98. The molecule has 2 atom stereocenters. The first-order chi connectivity index (χ1) is 22.3. The average molecular weight is 694 g/mol. The average Bonchev–Trinajstić information content (AvgIpc) is 3.78. The third-order valence-corrected chi connectivity index (χ3v) is 12.8. The second-order valence-electron chi connectivity index (χ2n) is 12.0. The summed E-state index contributed by atoms with van der Waals surface area (Å²) in [5, 5.41) is 9.57. The maximum absolute atomic E-state index is 13.5. The van der Waals surface area contributed by atoms with Crippen molar-refractivity contribution < 1.29 is 14.7 Å². The fourth-order valence-corrected chi connectivity index (χ4v) is 10.4. The van der Waals surface area contributed by atoms with Crippen molar-refractivity contribution in [2.45, 2.75) is 88.6 Å². The molecule has 0 radical (unpaired) electrons. The lowest BCUT2D eigenvalue weighted by Gasteiger charge is -2.27. The summed E-state index contributed by atoms with van der Waals surface area (Å²) in [4.78, 5) is 43.9. The van der Waals surface area contributed by atoms with Gasteiger partial charge >= 0.3 is 5.97 Å². The molecule has 1 amide bonds. The van der Waals surface area contributed by atoms with Crippen molar-refractivity contribution in [1.29, 1.82) is 0 Å². The van der Waals surface area contributed by atoms with E-state index in [0.717, 1.165) is 47.3 Å². The first kappa shape index (κ1) is 33.1. The molecule has 1 saturated heterocycles. The number of anilines is 2. The molecule has 242 valence electrons. The number of nitrogens with zero attached hydrogens (tertiary/aromatic N) is 3. The lowest BCUT2D eigenvalue weighted by molar-refractivity contribution is -0.137. The first-order valence-corrected chi connectivity index (χ1v) is 19.2. The smallest absolute Gasteiger partial charge is 0.323 e. The lowest BCUT2D eigenvalue weighted by atomic mass is 9.96. The number of hydrogen-bond acceptors (Lipinski definition) is 8. The van der Waals surface area contributed by atoms with E-state index in [4.69, 9.17) is 12.2 Å². The fourth-order valence-electron chi connectivity index (χ4n) is 6.82. The van der Waals surface area contributed by atoms with Crippen molar-refractivity contribution in [1.82, 2.24) is 9.47 Å². The van der Waals surface area contributed by atoms with Crippen LogP contribution in [0, 0.1) is 0 Å². The van der Waals surface area contributed by atoms with Crippen molar-refractivity contribution >= 4 is 85.6 Å². The van der Waals surface area contributed by atoms with Crippen LogP contribution in [0.5, 0.6) is 0 Å². The SMILES string of the molecule is CCCCCCCSc1ccc(N2c3ccc(C=c4sc(=C5SC(=S)N(CC)C5=O)n(CC(=O)O)c4=O)cc3C3CCCC32)cc1. The van der Waals surface area contributed by atoms with Gasteiger partial charge in [-0.25, -0.2) is 0 Å². The zero-order valence-corrected chi connectivity index (χ0v) is 29.5. The molecular weight excluding hydrogens is 655 g/mol. The summed E-state index contributed by atoms with van der Waals surface area (Å²) in [6.07, 6.45) is 11.8. The molecule has 1 N–H and O–H groups in total. The summed E-state index contributed by atoms with van der Waals surface area (Å²) >= 11 is 9.59. The molecule has 1 aromatic heterocycles. The van der Waals surface area contributed by atoms with Gasteiger partial charge in [0, 0.05) is 34.8 Å². The van der Waals surface area contributed by atoms with E-state index in [1.807, 2.05) is 30.8 Å². The van der Waals surface area contributed by atoms with E-state index in [-0.39, 0.29) is 5.91 Å². The number of amides is 1. The van der Waals surface area contributed by atoms with Crippen molar-refractivity contribution in [3.05, 3.63) is 73.1 Å². The van der Waals surface area contributed by atoms with Crippen LogP contribution < -0.4 is 19.7 Å². The Kier molecular flexibility index (Phi) is 10.4. The van der Waals surface area contributed by atoms with Gasteiger partial charge < -0.3 is 10.0 Å². The molecule has 3 aliphatic rings. The van der Waals surface area contributed by atoms with Gasteiger partial charge in [-0.15, -0.1) is 23.1 Å². The molecule has 1 aliphatic carbocycles. The van der Waals surface area contributed by atoms with Crippen LogP contribution in [-0.4, -0.2) is 49.1 Å². The highest BCUT2D eigenvalue weighted by molar-refractivity contribution is 8.30. The molecule has 1 saturated carbocycles. The highest BCUT2D eigenvalue weighted by Gasteiger charge is 2.42. The van der Waals surface area contributed by atoms with E-state index >= 15 is 0 Å². The van der Waals surface area contributed by atoms with Gasteiger partial charge in [-0.1, -0.05) is 69.1 Å². The molecule has 0 spiro atoms. The number of carbonyl (C=O) groups is 2. The third-order valence-electron chi connectivity index (χ3n) is 9.01. The summed E-state index contributed by atoms with van der Waals surface area (Å²) < 4.78 is 2.34. The number of thiocarbonyl (C=S) groups is 1. The number of aromatic nitrogens is 1. The summed E-state index contributed by atoms with van der Waals surface area (Å²) in [5.74, 6) is 0.152. The van der Waals surface area contributed by atoms with E-state index in [1.165, 1.54) is 69.8 Å². The van der Waals surface area contributed by atoms with Gasteiger partial charge in [-0.2, -0.15) is 0 Å². The number of carboxylic acids is 1. The van der Waals surface area contributed by atoms with Crippen LogP contribution in [0.1, 0.15) is 82.3 Å². The van der Waals surface area contributed by atoms with Crippen molar-refractivity contribution in [3.8, 4) is 0 Å². The minimum absolute atomic E-state index is 0.289. The number of thioether (sulfide) groups is 2. The quantitative estimate of drug-likeness (QED) is 0.128. The topological polar surface area (TPSA) is 82.8 Å². The van der Waals surface area contributed by atoms with E-state index in [9.17, 15) is 19.5 Å². The van der Waals surface area contributed by atoms with Crippen molar-refractivity contribution in [2.75, 3.05) is 17.2 Å². The number of carbonyl (C=O) groups excluding carboxylic acids is 1. The van der Waals surface area contributed by atoms with Crippen LogP contribution in [0.25, 0.3) is 11.0 Å². The number of rotatable bonds is 12. The molecule has 6 rings (SSSR count). The van der Waals surface area contributed by atoms with Gasteiger partial charge in [-0.3, -0.25) is 23.9 Å². The number of hydrogen-bond donors (Lipinski definition) is 1. The minimum Gasteiger partial charge on any atom is -0.480 e. The van der Waals surface area contributed by atoms with Crippen LogP contribution in [0.2, 0.25) is 0 Å². The molecule has 3 aromatic rings. The van der Waals surface area contributed by atoms with Crippen LogP contribution in [0.4, 0.5) is 11.4 Å². The van der Waals surface area contributed by atoms with Crippen LogP contribution in [0.15, 0.2) is 52.2 Å². The molecule has 46 heavy (non-hydrogen) atoms. The Morgan fingerprint density at radius 3 is 2.57 bits per heavy atom. The number of benzene rings is 2. The van der Waals surface area contributed by atoms with Gasteiger partial charge in [0.2, 0.25) is 0 Å². The zero-order valence-electron chi connectivity index (χ0n) is 26.2. The Labute approximate surface area is 287 Å². The lowest BCUT2D eigenvalue weighted by Crippen LogP contribution is -2.35. The molecule has 2 unspecified atom stereocenters. The molecule has 3 heterocycles. The van der Waals surface area contributed by atoms with E-state index in [1.54, 1.807) is 0 Å². The van der Waals surface area contributed by atoms with E-state index in [0.29, 0.717) is 36.9 Å². The molecular formula is C35H39N3O4S4. The summed E-state index contributed by atoms with van der Waals surface area (Å²) in [7, 11) is 0. The van der Waals surface area contributed by atoms with Crippen molar-refractivity contribution in [3.63, 3.8) is 0 Å². The Hall–Kier alpha value is -2.86. The van der Waals surface area contributed by atoms with Gasteiger partial charge in [-0.05, 0) is 85.5 Å². The maximum Gasteiger partial charge on any atom is 0.323 e. The first-order valence-electron chi connectivity index (χ1n) is 16.2. The molecule has 2 fully saturated rings. The van der Waals surface area contributed by atoms with Gasteiger partial charge in [0.25, 0.3) is 11.5 Å². The summed E-state index contributed by atoms with van der Waals surface area (Å²) in [5.41, 5.74) is 4.21. The second-order valence-corrected chi connectivity index (χ2v) is 15.8. The normalized spacial score (nSPS) is 20.6. The Balaban J connectivity index is 1.30. The van der Waals surface area contributed by atoms with Gasteiger partial charge in [0.1, 0.15) is 20.4 Å². The van der Waals surface area contributed by atoms with Gasteiger partial charge in [0.15, 0.2) is 0 Å². The highest BCUT2D eigenvalue weighted by Crippen LogP contribution is 2.52. The number of fused-ring (bicyclic) bond motifs is 3. The molecule has 11 heteroatoms. The van der Waals surface area contributed by atoms with Crippen LogP contribution >= 0.6 is 47.1 Å². The Morgan fingerprint density at radius 2 is 1.85 bits per heavy atom. The fraction of sp³-hybridized carbons (Fsp3) is 0.429. The van der Waals surface area contributed by atoms with Crippen molar-refractivity contribution in [2.24, 2.45) is 0 Å². The largest absolute Gasteiger partial charge is 0.480 e. The highest BCUT2D eigenvalue weighted by atomic mass is 32.2. The number of unbranched alkanes of at least 4 members (excludes halogenated alkanes) is 4. The minimum atomic E-state index is -1.14. The predicted octanol–water partition coefficient (Wildman–Crippen LogP) is 6.66. The van der Waals surface area contributed by atoms with E-state index < -0.39 is 18.1 Å². The zero-order chi connectivity index (χ0) is 32.4. The predicted molar refractivity (Wildman–Crippen MR) is 195 cm³/mol. The molecule has 2 aliphatic heterocycles. The maximum atomic E-state index is 13.5. The second kappa shape index (κ2) is 14.5. The molecule has 2 aromatic carbocycles. The van der Waals surface area contributed by atoms with E-state index in [2.05, 4.69) is 48.2 Å². The Bertz CT molecular complexity index is 1830. The van der Waals surface area contributed by atoms with Crippen LogP contribution in [0.3, 0.4) is 0 Å². The summed E-state index contributed by atoms with van der Waals surface area (Å²) in [6, 6.07) is 15.8. The molecule has 0 bridgehead atoms. The van der Waals surface area contributed by atoms with Crippen LogP contribution in [-0.2, 0) is 16.1 Å². The number of aliphatic carboxylic acids is 1. The number of thiazole rings is 1. The molecule has 7 nitrogen and oxygen atoms in total. The number of carboxylic acid groups (broad SMARTS) is 1. The monoisotopic (exact) mass is 693 g/mol. The van der Waals surface area contributed by atoms with Gasteiger partial charge in [0.05, 0.1) is 4.53 Å².